The van der Waals surface area contributed by atoms with Gasteiger partial charge in [0.2, 0.25) is 0 Å². The van der Waals surface area contributed by atoms with Gasteiger partial charge in [-0.15, -0.1) is 0 Å². The molecule has 0 fully saturated rings. The molecule has 0 atom stereocenters. The highest BCUT2D eigenvalue weighted by atomic mass is 19.4. The summed E-state index contributed by atoms with van der Waals surface area (Å²) in [5, 5.41) is 6.46. The number of alkyl halides is 3. The Morgan fingerprint density at radius 3 is 2.89 bits per heavy atom. The fourth-order valence-electron chi connectivity index (χ4n) is 2.37. The number of hydrogen-bond donors (Lipinski definition) is 2. The average Bonchev–Trinajstić information content (AvgIpc) is 2.37. The van der Waals surface area contributed by atoms with Gasteiger partial charge in [0.15, 0.2) is 0 Å². The number of anilines is 1. The summed E-state index contributed by atoms with van der Waals surface area (Å²) in [7, 11) is 0. The van der Waals surface area contributed by atoms with Crippen molar-refractivity contribution in [3.8, 4) is 0 Å². The highest BCUT2D eigenvalue weighted by Gasteiger charge is 2.25. The quantitative estimate of drug-likeness (QED) is 0.802. The topological polar surface area (TPSA) is 24.1 Å². The molecule has 0 saturated carbocycles. The zero-order chi connectivity index (χ0) is 13.7. The Morgan fingerprint density at radius 1 is 1.26 bits per heavy atom. The Morgan fingerprint density at radius 2 is 2.11 bits per heavy atom. The van der Waals surface area contributed by atoms with Crippen molar-refractivity contribution in [3.05, 3.63) is 29.3 Å². The largest absolute Gasteiger partial charge is 0.389 e. The molecule has 5 heteroatoms. The molecule has 1 heterocycles. The molecule has 0 bridgehead atoms. The predicted molar refractivity (Wildman–Crippen MR) is 70.2 cm³/mol. The van der Waals surface area contributed by atoms with Crippen LogP contribution in [0.3, 0.4) is 0 Å². The summed E-state index contributed by atoms with van der Waals surface area (Å²) in [5.41, 5.74) is 3.61. The molecule has 106 valence electrons. The van der Waals surface area contributed by atoms with E-state index >= 15 is 0 Å². The van der Waals surface area contributed by atoms with Crippen LogP contribution in [0.1, 0.15) is 30.4 Å². The van der Waals surface area contributed by atoms with Gasteiger partial charge in [-0.2, -0.15) is 13.2 Å². The molecule has 2 N–H and O–H groups in total. The number of para-hydroxylation sites is 1. The molecule has 1 aromatic rings. The Kier molecular flexibility index (Phi) is 4.69. The van der Waals surface area contributed by atoms with Gasteiger partial charge in [-0.1, -0.05) is 18.2 Å². The van der Waals surface area contributed by atoms with Crippen molar-refractivity contribution in [1.29, 1.82) is 0 Å². The molecule has 2 rings (SSSR count). The van der Waals surface area contributed by atoms with Gasteiger partial charge in [0, 0.05) is 25.2 Å². The van der Waals surface area contributed by atoms with E-state index in [0.717, 1.165) is 30.6 Å². The third-order valence-corrected chi connectivity index (χ3v) is 3.29. The van der Waals surface area contributed by atoms with E-state index in [9.17, 15) is 13.2 Å². The van der Waals surface area contributed by atoms with Crippen LogP contribution in [-0.2, 0) is 13.0 Å². The number of aryl methyl sites for hydroxylation is 1. The smallest absolute Gasteiger partial charge is 0.385 e. The molecular formula is C14H19F3N2. The number of rotatable bonds is 5. The van der Waals surface area contributed by atoms with Crippen molar-refractivity contribution in [2.45, 2.75) is 38.4 Å². The molecule has 1 aliphatic heterocycles. The van der Waals surface area contributed by atoms with E-state index in [1.165, 1.54) is 5.56 Å². The van der Waals surface area contributed by atoms with Crippen LogP contribution in [0, 0.1) is 0 Å². The number of hydrogen-bond acceptors (Lipinski definition) is 2. The highest BCUT2D eigenvalue weighted by molar-refractivity contribution is 5.59. The Labute approximate surface area is 111 Å². The van der Waals surface area contributed by atoms with Gasteiger partial charge < -0.3 is 10.6 Å². The van der Waals surface area contributed by atoms with Gasteiger partial charge >= 0.3 is 6.18 Å². The monoisotopic (exact) mass is 272 g/mol. The summed E-state index contributed by atoms with van der Waals surface area (Å²) in [6, 6.07) is 6.14. The van der Waals surface area contributed by atoms with Crippen LogP contribution in [0.25, 0.3) is 0 Å². The minimum atomic E-state index is -4.05. The fourth-order valence-corrected chi connectivity index (χ4v) is 2.37. The van der Waals surface area contributed by atoms with Crippen molar-refractivity contribution in [3.63, 3.8) is 0 Å². The molecule has 19 heavy (non-hydrogen) atoms. The normalized spacial score (nSPS) is 14.9. The van der Waals surface area contributed by atoms with Crippen molar-refractivity contribution in [1.82, 2.24) is 5.32 Å². The molecule has 1 aliphatic rings. The standard InChI is InChI=1S/C14H19F3N2/c15-14(16,17)7-3-8-18-10-12-5-1-4-11-6-2-9-19-13(11)12/h1,4-5,18-19H,2-3,6-10H2. The molecule has 0 spiro atoms. The minimum absolute atomic E-state index is 0.131. The van der Waals surface area contributed by atoms with Crippen molar-refractivity contribution >= 4 is 5.69 Å². The van der Waals surface area contributed by atoms with Crippen LogP contribution < -0.4 is 10.6 Å². The van der Waals surface area contributed by atoms with E-state index in [4.69, 9.17) is 0 Å². The van der Waals surface area contributed by atoms with Gasteiger partial charge in [-0.3, -0.25) is 0 Å². The summed E-state index contributed by atoms with van der Waals surface area (Å²) in [5.74, 6) is 0. The SMILES string of the molecule is FC(F)(F)CCCNCc1cccc2c1NCCC2. The summed E-state index contributed by atoms with van der Waals surface area (Å²) in [6.45, 7) is 1.98. The number of halogens is 3. The first-order valence-corrected chi connectivity index (χ1v) is 6.68. The van der Waals surface area contributed by atoms with Gasteiger partial charge in [0.25, 0.3) is 0 Å². The van der Waals surface area contributed by atoms with Gasteiger partial charge in [-0.05, 0) is 36.9 Å². The fraction of sp³-hybridized carbons (Fsp3) is 0.571. The van der Waals surface area contributed by atoms with E-state index in [0.29, 0.717) is 13.1 Å². The van der Waals surface area contributed by atoms with Crippen LogP contribution in [0.15, 0.2) is 18.2 Å². The zero-order valence-electron chi connectivity index (χ0n) is 10.8. The lowest BCUT2D eigenvalue weighted by molar-refractivity contribution is -0.135. The zero-order valence-corrected chi connectivity index (χ0v) is 10.8. The maximum Gasteiger partial charge on any atom is 0.389 e. The first kappa shape index (κ1) is 14.2. The Balaban J connectivity index is 1.80. The van der Waals surface area contributed by atoms with Crippen molar-refractivity contribution in [2.75, 3.05) is 18.4 Å². The number of nitrogens with one attached hydrogen (secondary N) is 2. The molecule has 0 radical (unpaired) electrons. The Bertz CT molecular complexity index is 416. The summed E-state index contributed by atoms with van der Waals surface area (Å²) in [4.78, 5) is 0. The van der Waals surface area contributed by atoms with Crippen molar-refractivity contribution in [2.24, 2.45) is 0 Å². The molecule has 0 unspecified atom stereocenters. The second-order valence-corrected chi connectivity index (χ2v) is 4.88. The Hall–Kier alpha value is -1.23. The summed E-state index contributed by atoms with van der Waals surface area (Å²) in [6.07, 6.45) is -2.42. The molecule has 0 aliphatic carbocycles. The van der Waals surface area contributed by atoms with E-state index in [2.05, 4.69) is 16.7 Å². The van der Waals surface area contributed by atoms with Gasteiger partial charge in [-0.25, -0.2) is 0 Å². The molecule has 0 amide bonds. The van der Waals surface area contributed by atoms with Crippen LogP contribution in [0.5, 0.6) is 0 Å². The molecule has 0 saturated heterocycles. The maximum atomic E-state index is 12.0. The second kappa shape index (κ2) is 6.28. The van der Waals surface area contributed by atoms with Crippen LogP contribution in [-0.4, -0.2) is 19.3 Å². The number of benzene rings is 1. The van der Waals surface area contributed by atoms with E-state index in [1.54, 1.807) is 0 Å². The maximum absolute atomic E-state index is 12.0. The third kappa shape index (κ3) is 4.42. The molecule has 0 aromatic heterocycles. The summed E-state index contributed by atoms with van der Waals surface area (Å²) >= 11 is 0. The average molecular weight is 272 g/mol. The van der Waals surface area contributed by atoms with E-state index < -0.39 is 12.6 Å². The lowest BCUT2D eigenvalue weighted by atomic mass is 9.99. The van der Waals surface area contributed by atoms with Crippen LogP contribution in [0.2, 0.25) is 0 Å². The third-order valence-electron chi connectivity index (χ3n) is 3.29. The lowest BCUT2D eigenvalue weighted by Crippen LogP contribution is -2.20. The van der Waals surface area contributed by atoms with E-state index in [-0.39, 0.29) is 6.42 Å². The van der Waals surface area contributed by atoms with Crippen LogP contribution in [0.4, 0.5) is 18.9 Å². The van der Waals surface area contributed by atoms with Crippen molar-refractivity contribution < 1.29 is 13.2 Å². The first-order valence-electron chi connectivity index (χ1n) is 6.68. The molecule has 1 aromatic carbocycles. The van der Waals surface area contributed by atoms with Crippen LogP contribution >= 0.6 is 0 Å². The number of fused-ring (bicyclic) bond motifs is 1. The van der Waals surface area contributed by atoms with Gasteiger partial charge in [0.05, 0.1) is 0 Å². The summed E-state index contributed by atoms with van der Waals surface area (Å²) < 4.78 is 36.0. The van der Waals surface area contributed by atoms with E-state index in [1.807, 2.05) is 12.1 Å². The minimum Gasteiger partial charge on any atom is -0.385 e. The van der Waals surface area contributed by atoms with Gasteiger partial charge in [0.1, 0.15) is 0 Å². The second-order valence-electron chi connectivity index (χ2n) is 4.88. The lowest BCUT2D eigenvalue weighted by Gasteiger charge is -2.21. The highest BCUT2D eigenvalue weighted by Crippen LogP contribution is 2.26. The first-order chi connectivity index (χ1) is 9.06. The predicted octanol–water partition coefficient (Wildman–Crippen LogP) is 3.48. The molecular weight excluding hydrogens is 253 g/mol. The molecule has 2 nitrogen and oxygen atoms in total.